The molecule has 0 saturated carbocycles. The molecule has 1 N–H and O–H groups in total. The van der Waals surface area contributed by atoms with E-state index in [1.165, 1.54) is 0 Å². The van der Waals surface area contributed by atoms with Gasteiger partial charge in [0.15, 0.2) is 0 Å². The van der Waals surface area contributed by atoms with Gasteiger partial charge in [0.1, 0.15) is 6.33 Å². The number of hydrogen-bond donors (Lipinski definition) is 1. The topological polar surface area (TPSA) is 67.2 Å². The normalized spacial score (nSPS) is 16.3. The lowest BCUT2D eigenvalue weighted by atomic mass is 9.72. The van der Waals surface area contributed by atoms with Crippen molar-refractivity contribution in [3.8, 4) is 0 Å². The summed E-state index contributed by atoms with van der Waals surface area (Å²) in [4.78, 5) is 31.3. The van der Waals surface area contributed by atoms with Gasteiger partial charge < -0.3 is 4.90 Å². The monoisotopic (exact) mass is 362 g/mol. The molecule has 1 fully saturated rings. The van der Waals surface area contributed by atoms with Crippen LogP contribution >= 0.6 is 0 Å². The molecule has 2 heterocycles. The van der Waals surface area contributed by atoms with E-state index in [-0.39, 0.29) is 11.8 Å². The molecule has 0 unspecified atom stereocenters. The molecule has 1 aliphatic rings. The van der Waals surface area contributed by atoms with Gasteiger partial charge in [0.25, 0.3) is 0 Å². The Morgan fingerprint density at radius 1 is 1.00 bits per heavy atom. The summed E-state index contributed by atoms with van der Waals surface area (Å²) in [7, 11) is 0. The third-order valence-electron chi connectivity index (χ3n) is 5.50. The standard InChI is InChI=1S/C21H22N4O2/c1-16(26)24-13-11-21(12-14-24,17-7-3-2-4-8-17)20(27)23-25-15-22-18-9-5-6-10-19(18)25/h2-10,15H,11-14H2,1H3,(H,23,27). The molecule has 2 aromatic carbocycles. The van der Waals surface area contributed by atoms with Crippen LogP contribution in [0, 0.1) is 0 Å². The van der Waals surface area contributed by atoms with Gasteiger partial charge in [-0.1, -0.05) is 42.5 Å². The van der Waals surface area contributed by atoms with Crippen molar-refractivity contribution in [2.45, 2.75) is 25.2 Å². The van der Waals surface area contributed by atoms with E-state index >= 15 is 0 Å². The van der Waals surface area contributed by atoms with Gasteiger partial charge in [-0.2, -0.15) is 0 Å². The Balaban J connectivity index is 1.67. The molecule has 0 spiro atoms. The van der Waals surface area contributed by atoms with Gasteiger partial charge >= 0.3 is 0 Å². The van der Waals surface area contributed by atoms with Crippen LogP contribution in [-0.2, 0) is 15.0 Å². The van der Waals surface area contributed by atoms with E-state index in [2.05, 4.69) is 10.4 Å². The first-order valence-corrected chi connectivity index (χ1v) is 9.15. The van der Waals surface area contributed by atoms with Crippen LogP contribution in [0.1, 0.15) is 25.3 Å². The summed E-state index contributed by atoms with van der Waals surface area (Å²) in [5.74, 6) is -0.0160. The third kappa shape index (κ3) is 3.07. The van der Waals surface area contributed by atoms with Gasteiger partial charge in [-0.25, -0.2) is 9.66 Å². The predicted octanol–water partition coefficient (Wildman–Crippen LogP) is 2.69. The number of carbonyl (C=O) groups excluding carboxylic acids is 2. The number of fused-ring (bicyclic) bond motifs is 1. The van der Waals surface area contributed by atoms with E-state index in [9.17, 15) is 9.59 Å². The predicted molar refractivity (Wildman–Crippen MR) is 104 cm³/mol. The Morgan fingerprint density at radius 2 is 1.67 bits per heavy atom. The van der Waals surface area contributed by atoms with E-state index < -0.39 is 5.41 Å². The number of aromatic nitrogens is 2. The van der Waals surface area contributed by atoms with Crippen molar-refractivity contribution in [1.82, 2.24) is 14.6 Å². The second-order valence-electron chi connectivity index (χ2n) is 7.00. The fraction of sp³-hybridized carbons (Fsp3) is 0.286. The first-order valence-electron chi connectivity index (χ1n) is 9.15. The molecule has 0 atom stereocenters. The highest BCUT2D eigenvalue weighted by Crippen LogP contribution is 2.36. The number of carbonyl (C=O) groups is 2. The minimum Gasteiger partial charge on any atom is -0.343 e. The number of likely N-dealkylation sites (tertiary alicyclic amines) is 1. The van der Waals surface area contributed by atoms with Gasteiger partial charge in [-0.15, -0.1) is 0 Å². The molecule has 1 aromatic heterocycles. The summed E-state index contributed by atoms with van der Waals surface area (Å²) >= 11 is 0. The molecule has 1 aliphatic heterocycles. The Labute approximate surface area is 157 Å². The summed E-state index contributed by atoms with van der Waals surface area (Å²) in [6.07, 6.45) is 2.82. The van der Waals surface area contributed by atoms with Crippen LogP contribution in [0.25, 0.3) is 11.0 Å². The van der Waals surface area contributed by atoms with E-state index in [1.807, 2.05) is 54.6 Å². The fourth-order valence-electron chi connectivity index (χ4n) is 3.87. The zero-order valence-electron chi connectivity index (χ0n) is 15.3. The number of imidazole rings is 1. The lowest BCUT2D eigenvalue weighted by molar-refractivity contribution is -0.133. The highest BCUT2D eigenvalue weighted by atomic mass is 16.2. The van der Waals surface area contributed by atoms with Crippen LogP contribution in [0.4, 0.5) is 0 Å². The van der Waals surface area contributed by atoms with Gasteiger partial charge in [0.2, 0.25) is 11.8 Å². The van der Waals surface area contributed by atoms with E-state index in [4.69, 9.17) is 0 Å². The van der Waals surface area contributed by atoms with Crippen molar-refractivity contribution in [2.75, 3.05) is 18.5 Å². The molecule has 0 bridgehead atoms. The summed E-state index contributed by atoms with van der Waals surface area (Å²) < 4.78 is 1.68. The summed E-state index contributed by atoms with van der Waals surface area (Å²) in [6.45, 7) is 2.72. The van der Waals surface area contributed by atoms with Crippen molar-refractivity contribution < 1.29 is 9.59 Å². The number of rotatable bonds is 3. The van der Waals surface area contributed by atoms with Crippen LogP contribution in [0.2, 0.25) is 0 Å². The average molecular weight is 362 g/mol. The number of para-hydroxylation sites is 2. The molecule has 1 saturated heterocycles. The van der Waals surface area contributed by atoms with Crippen molar-refractivity contribution in [3.63, 3.8) is 0 Å². The summed E-state index contributed by atoms with van der Waals surface area (Å²) in [5.41, 5.74) is 5.03. The van der Waals surface area contributed by atoms with Crippen LogP contribution in [0.15, 0.2) is 60.9 Å². The molecular weight excluding hydrogens is 340 g/mol. The van der Waals surface area contributed by atoms with Gasteiger partial charge in [-0.05, 0) is 30.5 Å². The lowest BCUT2D eigenvalue weighted by Gasteiger charge is -2.40. The quantitative estimate of drug-likeness (QED) is 0.779. The minimum absolute atomic E-state index is 0.0534. The summed E-state index contributed by atoms with van der Waals surface area (Å²) in [6, 6.07) is 17.5. The molecule has 6 nitrogen and oxygen atoms in total. The molecule has 27 heavy (non-hydrogen) atoms. The molecule has 4 rings (SSSR count). The maximum Gasteiger partial charge on any atom is 0.249 e. The first-order chi connectivity index (χ1) is 13.1. The first kappa shape index (κ1) is 17.3. The molecule has 0 aliphatic carbocycles. The number of piperidine rings is 1. The largest absolute Gasteiger partial charge is 0.343 e. The van der Waals surface area contributed by atoms with Crippen molar-refractivity contribution in [2.24, 2.45) is 0 Å². The highest BCUT2D eigenvalue weighted by molar-refractivity contribution is 5.95. The number of hydrogen-bond acceptors (Lipinski definition) is 3. The molecule has 0 radical (unpaired) electrons. The minimum atomic E-state index is -0.668. The Morgan fingerprint density at radius 3 is 2.37 bits per heavy atom. The Kier molecular flexibility index (Phi) is 4.39. The molecule has 2 amide bonds. The van der Waals surface area contributed by atoms with E-state index in [0.29, 0.717) is 25.9 Å². The van der Waals surface area contributed by atoms with Gasteiger partial charge in [-0.3, -0.25) is 15.0 Å². The Bertz CT molecular complexity index is 972. The zero-order valence-corrected chi connectivity index (χ0v) is 15.3. The highest BCUT2D eigenvalue weighted by Gasteiger charge is 2.43. The van der Waals surface area contributed by atoms with Gasteiger partial charge in [0.05, 0.1) is 16.4 Å². The lowest BCUT2D eigenvalue weighted by Crippen LogP contribution is -2.51. The number of benzene rings is 2. The smallest absolute Gasteiger partial charge is 0.249 e. The molecule has 138 valence electrons. The van der Waals surface area contributed by atoms with Crippen molar-refractivity contribution in [1.29, 1.82) is 0 Å². The number of nitrogens with one attached hydrogen (secondary N) is 1. The number of amides is 2. The molecular formula is C21H22N4O2. The van der Waals surface area contributed by atoms with Gasteiger partial charge in [0, 0.05) is 20.0 Å². The summed E-state index contributed by atoms with van der Waals surface area (Å²) in [5, 5.41) is 0. The maximum absolute atomic E-state index is 13.4. The van der Waals surface area contributed by atoms with Crippen LogP contribution in [0.5, 0.6) is 0 Å². The van der Waals surface area contributed by atoms with Crippen LogP contribution in [-0.4, -0.2) is 39.5 Å². The van der Waals surface area contributed by atoms with Crippen LogP contribution < -0.4 is 5.43 Å². The SMILES string of the molecule is CC(=O)N1CCC(C(=O)Nn2cnc3ccccc32)(c2ccccc2)CC1. The molecule has 6 heteroatoms. The second kappa shape index (κ2) is 6.87. The van der Waals surface area contributed by atoms with E-state index in [0.717, 1.165) is 16.6 Å². The Hall–Kier alpha value is -3.15. The van der Waals surface area contributed by atoms with E-state index in [1.54, 1.807) is 22.8 Å². The van der Waals surface area contributed by atoms with Crippen molar-refractivity contribution in [3.05, 3.63) is 66.5 Å². The maximum atomic E-state index is 13.4. The molecule has 3 aromatic rings. The van der Waals surface area contributed by atoms with Crippen LogP contribution in [0.3, 0.4) is 0 Å². The average Bonchev–Trinajstić information content (AvgIpc) is 3.11. The zero-order chi connectivity index (χ0) is 18.9. The second-order valence-corrected chi connectivity index (χ2v) is 7.00. The third-order valence-corrected chi connectivity index (χ3v) is 5.50. The fourth-order valence-corrected chi connectivity index (χ4v) is 3.87. The number of nitrogens with zero attached hydrogens (tertiary/aromatic N) is 3. The van der Waals surface area contributed by atoms with Crippen molar-refractivity contribution >= 4 is 22.8 Å².